The number of terminal acetylenes is 1. The van der Waals surface area contributed by atoms with Crippen molar-refractivity contribution in [2.45, 2.75) is 6.92 Å². The van der Waals surface area contributed by atoms with Crippen molar-refractivity contribution < 1.29 is 13.9 Å². The fourth-order valence-electron chi connectivity index (χ4n) is 2.71. The summed E-state index contributed by atoms with van der Waals surface area (Å²) in [6, 6.07) is 7.53. The van der Waals surface area contributed by atoms with Crippen LogP contribution in [0.5, 0.6) is 5.75 Å². The Hall–Kier alpha value is -3.64. The van der Waals surface area contributed by atoms with Crippen molar-refractivity contribution >= 4 is 46.4 Å². The van der Waals surface area contributed by atoms with Gasteiger partial charge in [0, 0.05) is 23.9 Å². The second-order valence-corrected chi connectivity index (χ2v) is 6.19. The van der Waals surface area contributed by atoms with E-state index in [9.17, 15) is 9.18 Å². The number of aromatic nitrogens is 2. The Morgan fingerprint density at radius 2 is 2.17 bits per heavy atom. The van der Waals surface area contributed by atoms with Crippen LogP contribution in [0, 0.1) is 25.1 Å². The number of rotatable bonds is 7. The summed E-state index contributed by atoms with van der Waals surface area (Å²) in [6.07, 6.45) is 6.50. The lowest BCUT2D eigenvalue weighted by Crippen LogP contribution is -2.29. The van der Waals surface area contributed by atoms with E-state index in [0.717, 1.165) is 10.9 Å². The zero-order chi connectivity index (χ0) is 20.8. The molecular weight excluding hydrogens is 393 g/mol. The lowest BCUT2D eigenvalue weighted by molar-refractivity contribution is -0.122. The van der Waals surface area contributed by atoms with Crippen LogP contribution in [0.25, 0.3) is 10.9 Å². The monoisotopic (exact) mass is 409 g/mol. The van der Waals surface area contributed by atoms with Crippen LogP contribution in [0.4, 0.5) is 21.6 Å². The standard InChI is InChI=1S/C20H16FN5O2S/c1-3-6-22-18(27)10-28-17-8-13(21)4-5-15(17)25-20-19-12(2)7-14(26-29)9-16(19)23-11-24-20/h1,4-5,7-9,11H,6,10H2,2H3,(H,22,27)(H,23,24,25). The molecule has 9 heteroatoms. The van der Waals surface area contributed by atoms with E-state index < -0.39 is 11.7 Å². The summed E-state index contributed by atoms with van der Waals surface area (Å²) < 4.78 is 23.0. The minimum absolute atomic E-state index is 0.0845. The van der Waals surface area contributed by atoms with Gasteiger partial charge in [-0.05, 0) is 36.8 Å². The van der Waals surface area contributed by atoms with Crippen LogP contribution < -0.4 is 15.4 Å². The number of aryl methyl sites for hydroxylation is 1. The van der Waals surface area contributed by atoms with Gasteiger partial charge in [-0.2, -0.15) is 4.36 Å². The zero-order valence-corrected chi connectivity index (χ0v) is 16.2. The van der Waals surface area contributed by atoms with Gasteiger partial charge in [0.1, 0.15) is 23.7 Å². The number of carbonyl (C=O) groups excluding carboxylic acids is 1. The third kappa shape index (κ3) is 4.80. The van der Waals surface area contributed by atoms with E-state index in [0.29, 0.717) is 22.7 Å². The average molecular weight is 409 g/mol. The number of nitrogens with one attached hydrogen (secondary N) is 2. The van der Waals surface area contributed by atoms with Crippen molar-refractivity contribution in [3.8, 4) is 18.1 Å². The molecule has 0 spiro atoms. The lowest BCUT2D eigenvalue weighted by atomic mass is 10.1. The molecule has 7 nitrogen and oxygen atoms in total. The molecule has 2 aromatic carbocycles. The molecule has 1 amide bonds. The predicted octanol–water partition coefficient (Wildman–Crippen LogP) is 3.31. The van der Waals surface area contributed by atoms with Gasteiger partial charge in [-0.15, -0.1) is 6.42 Å². The Morgan fingerprint density at radius 1 is 1.34 bits per heavy atom. The van der Waals surface area contributed by atoms with Crippen molar-refractivity contribution in [1.29, 1.82) is 0 Å². The number of carbonyl (C=O) groups is 1. The number of benzene rings is 2. The maximum Gasteiger partial charge on any atom is 0.258 e. The van der Waals surface area contributed by atoms with Crippen LogP contribution in [0.1, 0.15) is 5.56 Å². The molecule has 0 bridgehead atoms. The molecule has 0 atom stereocenters. The summed E-state index contributed by atoms with van der Waals surface area (Å²) in [5.41, 5.74) is 2.59. The molecule has 0 aliphatic rings. The molecule has 1 heterocycles. The molecule has 0 saturated carbocycles. The number of nitrogens with zero attached hydrogens (tertiary/aromatic N) is 3. The van der Waals surface area contributed by atoms with E-state index in [1.54, 1.807) is 6.07 Å². The lowest BCUT2D eigenvalue weighted by Gasteiger charge is -2.15. The summed E-state index contributed by atoms with van der Waals surface area (Å²) in [7, 11) is 0. The summed E-state index contributed by atoms with van der Waals surface area (Å²) in [4.78, 5) is 20.3. The first-order valence-electron chi connectivity index (χ1n) is 8.50. The minimum atomic E-state index is -0.505. The molecule has 0 radical (unpaired) electrons. The van der Waals surface area contributed by atoms with Crippen LogP contribution in [0.2, 0.25) is 0 Å². The quantitative estimate of drug-likeness (QED) is 0.582. The number of fused-ring (bicyclic) bond motifs is 1. The topological polar surface area (TPSA) is 88.5 Å². The van der Waals surface area contributed by atoms with Gasteiger partial charge in [-0.3, -0.25) is 4.79 Å². The third-order valence-electron chi connectivity index (χ3n) is 3.97. The minimum Gasteiger partial charge on any atom is -0.481 e. The Kier molecular flexibility index (Phi) is 6.26. The summed E-state index contributed by atoms with van der Waals surface area (Å²) >= 11 is 4.76. The first-order valence-corrected chi connectivity index (χ1v) is 8.86. The van der Waals surface area contributed by atoms with Crippen molar-refractivity contribution in [2.24, 2.45) is 4.36 Å². The van der Waals surface area contributed by atoms with Crippen LogP contribution >= 0.6 is 0 Å². The zero-order valence-electron chi connectivity index (χ0n) is 15.4. The number of hydrogen-bond donors (Lipinski definition) is 2. The fourth-order valence-corrected chi connectivity index (χ4v) is 2.82. The van der Waals surface area contributed by atoms with Crippen molar-refractivity contribution in [2.75, 3.05) is 18.5 Å². The number of amides is 1. The fraction of sp³-hybridized carbons (Fsp3) is 0.150. The van der Waals surface area contributed by atoms with E-state index in [2.05, 4.69) is 30.9 Å². The molecule has 0 fully saturated rings. The van der Waals surface area contributed by atoms with Gasteiger partial charge in [0.25, 0.3) is 5.91 Å². The predicted molar refractivity (Wildman–Crippen MR) is 111 cm³/mol. The first kappa shape index (κ1) is 20.1. The number of ether oxygens (including phenoxy) is 1. The van der Waals surface area contributed by atoms with Crippen LogP contribution in [0.3, 0.4) is 0 Å². The second-order valence-electron chi connectivity index (χ2n) is 6.01. The highest BCUT2D eigenvalue weighted by Crippen LogP contribution is 2.33. The Morgan fingerprint density at radius 3 is 2.93 bits per heavy atom. The maximum atomic E-state index is 13.7. The van der Waals surface area contributed by atoms with E-state index in [1.165, 1.54) is 24.5 Å². The Labute approximate surface area is 171 Å². The van der Waals surface area contributed by atoms with Crippen molar-refractivity contribution in [1.82, 2.24) is 15.3 Å². The molecule has 2 N–H and O–H groups in total. The van der Waals surface area contributed by atoms with Gasteiger partial charge in [0.05, 0.1) is 23.4 Å². The summed E-state index contributed by atoms with van der Waals surface area (Å²) in [6.45, 7) is 1.66. The molecule has 3 aromatic rings. The molecule has 146 valence electrons. The van der Waals surface area contributed by atoms with Gasteiger partial charge < -0.3 is 15.4 Å². The van der Waals surface area contributed by atoms with Crippen molar-refractivity contribution in [3.63, 3.8) is 0 Å². The number of hydrogen-bond acceptors (Lipinski definition) is 7. The number of anilines is 2. The van der Waals surface area contributed by atoms with E-state index in [4.69, 9.17) is 23.6 Å². The van der Waals surface area contributed by atoms with Crippen LogP contribution in [-0.2, 0) is 17.2 Å². The largest absolute Gasteiger partial charge is 0.481 e. The van der Waals surface area contributed by atoms with Crippen molar-refractivity contribution in [3.05, 3.63) is 48.0 Å². The Balaban J connectivity index is 1.92. The second kappa shape index (κ2) is 9.03. The van der Waals surface area contributed by atoms with Crippen LogP contribution in [-0.4, -0.2) is 29.0 Å². The van der Waals surface area contributed by atoms with E-state index in [1.807, 2.05) is 13.0 Å². The highest BCUT2D eigenvalue weighted by Gasteiger charge is 2.13. The maximum absolute atomic E-state index is 13.7. The first-order chi connectivity index (χ1) is 14.0. The van der Waals surface area contributed by atoms with Gasteiger partial charge in [0.2, 0.25) is 0 Å². The molecule has 3 rings (SSSR count). The summed E-state index contributed by atoms with van der Waals surface area (Å²) in [5, 5.41) is 6.36. The molecule has 29 heavy (non-hydrogen) atoms. The number of halogens is 1. The average Bonchev–Trinajstić information content (AvgIpc) is 2.72. The van der Waals surface area contributed by atoms with E-state index >= 15 is 0 Å². The molecule has 1 aromatic heterocycles. The molecule has 0 aliphatic heterocycles. The third-order valence-corrected chi connectivity index (χ3v) is 4.18. The summed E-state index contributed by atoms with van der Waals surface area (Å²) in [5.74, 6) is 2.03. The van der Waals surface area contributed by atoms with Gasteiger partial charge in [-0.1, -0.05) is 5.92 Å². The SMILES string of the molecule is C#CCNC(=O)COc1cc(F)ccc1Nc1ncnc2cc(N=S)cc(C)c12. The van der Waals surface area contributed by atoms with E-state index in [-0.39, 0.29) is 18.9 Å². The normalized spacial score (nSPS) is 10.2. The highest BCUT2D eigenvalue weighted by molar-refractivity contribution is 7.47. The molecule has 0 unspecified atom stereocenters. The van der Waals surface area contributed by atoms with Crippen LogP contribution in [0.15, 0.2) is 41.0 Å². The Bertz CT molecular complexity index is 1130. The molecular formula is C20H16FN5O2S. The highest BCUT2D eigenvalue weighted by atomic mass is 32.1. The van der Waals surface area contributed by atoms with Gasteiger partial charge >= 0.3 is 0 Å². The molecule has 0 aliphatic carbocycles. The van der Waals surface area contributed by atoms with Gasteiger partial charge in [0.15, 0.2) is 6.61 Å². The van der Waals surface area contributed by atoms with Gasteiger partial charge in [-0.25, -0.2) is 14.4 Å². The smallest absolute Gasteiger partial charge is 0.258 e. The molecule has 0 saturated heterocycles.